The molecular weight excluding hydrogens is 228 g/mol. The first-order chi connectivity index (χ1) is 7.58. The number of hydrogen-bond donors (Lipinski definition) is 2. The first-order valence-corrected chi connectivity index (χ1v) is 4.47. The average Bonchev–Trinajstić information content (AvgIpc) is 2.70. The summed E-state index contributed by atoms with van der Waals surface area (Å²) in [6.45, 7) is 0.0254. The highest BCUT2D eigenvalue weighted by Gasteiger charge is 2.55. The van der Waals surface area contributed by atoms with Crippen molar-refractivity contribution in [3.05, 3.63) is 9.81 Å². The van der Waals surface area contributed by atoms with Crippen LogP contribution in [-0.4, -0.2) is 58.2 Å². The molecule has 2 aliphatic heterocycles. The van der Waals surface area contributed by atoms with Gasteiger partial charge >= 0.3 is 10.2 Å². The predicted molar refractivity (Wildman–Crippen MR) is 40.1 cm³/mol. The molecule has 0 aliphatic carbocycles. The smallest absolute Gasteiger partial charge is 0.367 e. The van der Waals surface area contributed by atoms with Gasteiger partial charge in [-0.2, -0.15) is 9.68 Å². The number of hydrogen-bond acceptors (Lipinski definition) is 6. The molecule has 2 saturated heterocycles. The number of nitrogens with zero attached hydrogens (tertiary/aromatic N) is 2. The Hall–Kier alpha value is -1.68. The van der Waals surface area contributed by atoms with Gasteiger partial charge in [0.15, 0.2) is 0 Å². The van der Waals surface area contributed by atoms with Gasteiger partial charge in [0.1, 0.15) is 22.0 Å². The van der Waals surface area contributed by atoms with Gasteiger partial charge in [0.25, 0.3) is 0 Å². The van der Waals surface area contributed by atoms with E-state index >= 15 is 0 Å². The van der Waals surface area contributed by atoms with E-state index in [1.54, 1.807) is 0 Å². The van der Waals surface area contributed by atoms with Crippen molar-refractivity contribution in [3.8, 4) is 0 Å². The van der Waals surface area contributed by atoms with Crippen LogP contribution in [-0.2, 0) is 19.1 Å². The maximum absolute atomic E-state index is 10.3. The van der Waals surface area contributed by atoms with Crippen LogP contribution in [0.25, 0.3) is 0 Å². The Morgan fingerprint density at radius 1 is 0.938 bits per heavy atom. The summed E-state index contributed by atoms with van der Waals surface area (Å²) in [4.78, 5) is 29.4. The highest BCUT2D eigenvalue weighted by molar-refractivity contribution is 4.94. The summed E-state index contributed by atoms with van der Waals surface area (Å²) in [5, 5.41) is 15.4. The summed E-state index contributed by atoms with van der Waals surface area (Å²) in [5.74, 6) is 0. The lowest BCUT2D eigenvalue weighted by Gasteiger charge is -2.08. The summed E-state index contributed by atoms with van der Waals surface area (Å²) in [6.07, 6.45) is -2.82. The van der Waals surface area contributed by atoms with E-state index in [1.165, 1.54) is 0 Å². The minimum absolute atomic E-state index is 0.0127. The first-order valence-electron chi connectivity index (χ1n) is 4.47. The number of ether oxygens (including phenoxy) is 2. The third kappa shape index (κ3) is 1.97. The second-order valence-corrected chi connectivity index (χ2v) is 3.36. The topological polar surface area (TPSA) is 118 Å². The average molecular weight is 238 g/mol. The van der Waals surface area contributed by atoms with E-state index in [9.17, 15) is 9.81 Å². The molecule has 0 unspecified atom stereocenters. The van der Waals surface area contributed by atoms with Crippen LogP contribution in [0.3, 0.4) is 0 Å². The predicted octanol–water partition coefficient (Wildman–Crippen LogP) is -1.28. The Morgan fingerprint density at radius 2 is 1.31 bits per heavy atom. The van der Waals surface area contributed by atoms with Crippen molar-refractivity contribution in [1.82, 2.24) is 0 Å². The highest BCUT2D eigenvalue weighted by Crippen LogP contribution is 2.30. The molecule has 2 N–H and O–H groups in total. The zero-order valence-electron chi connectivity index (χ0n) is 7.96. The molecule has 2 heterocycles. The largest absolute Gasteiger partial charge is 0.475 e. The summed E-state index contributed by atoms with van der Waals surface area (Å²) in [5.41, 5.74) is 0. The lowest BCUT2D eigenvalue weighted by Crippen LogP contribution is -2.36. The van der Waals surface area contributed by atoms with Gasteiger partial charge in [-0.25, -0.2) is 10.4 Å². The van der Waals surface area contributed by atoms with E-state index in [-0.39, 0.29) is 13.2 Å². The normalized spacial score (nSPS) is 36.8. The van der Waals surface area contributed by atoms with Crippen LogP contribution in [0.1, 0.15) is 0 Å². The van der Waals surface area contributed by atoms with Crippen molar-refractivity contribution in [2.24, 2.45) is 0 Å². The van der Waals surface area contributed by atoms with Crippen molar-refractivity contribution in [3.63, 3.8) is 0 Å². The van der Waals surface area contributed by atoms with E-state index in [0.717, 1.165) is 0 Å². The first kappa shape index (κ1) is 10.8. The van der Waals surface area contributed by atoms with Gasteiger partial charge in [0.05, 0.1) is 13.2 Å². The minimum atomic E-state index is -0.778. The van der Waals surface area contributed by atoms with E-state index in [0.29, 0.717) is 0 Å². The summed E-state index contributed by atoms with van der Waals surface area (Å²) >= 11 is 0. The Labute approximate surface area is 88.2 Å². The van der Waals surface area contributed by atoms with Crippen molar-refractivity contribution in [1.29, 1.82) is 0 Å². The van der Waals surface area contributed by atoms with E-state index in [2.05, 4.69) is 9.68 Å². The monoisotopic (exact) mass is 238 g/mol. The van der Waals surface area contributed by atoms with Crippen molar-refractivity contribution >= 4 is 0 Å². The molecule has 0 aromatic heterocycles. The van der Waals surface area contributed by atoms with E-state index in [4.69, 9.17) is 19.9 Å². The molecule has 2 aliphatic rings. The highest BCUT2D eigenvalue weighted by atomic mass is 17.0. The Kier molecular flexibility index (Phi) is 2.75. The zero-order valence-corrected chi connectivity index (χ0v) is 7.96. The molecule has 10 heteroatoms. The maximum atomic E-state index is 10.3. The molecule has 10 nitrogen and oxygen atoms in total. The Morgan fingerprint density at radius 3 is 1.62 bits per heavy atom. The van der Waals surface area contributed by atoms with Gasteiger partial charge in [-0.05, 0) is 0 Å². The molecular formula is C6H10N2O8+2. The van der Waals surface area contributed by atoms with Gasteiger partial charge in [-0.1, -0.05) is 0 Å². The van der Waals surface area contributed by atoms with Crippen LogP contribution in [0.5, 0.6) is 0 Å². The van der Waals surface area contributed by atoms with Crippen LogP contribution in [0, 0.1) is 9.81 Å². The number of fused-ring (bicyclic) bond motifs is 1. The molecule has 0 spiro atoms. The second-order valence-electron chi connectivity index (χ2n) is 3.36. The fourth-order valence-corrected chi connectivity index (χ4v) is 1.84. The molecule has 4 atom stereocenters. The summed E-state index contributed by atoms with van der Waals surface area (Å²) in [7, 11) is 0. The SMILES string of the molecule is O=[N+](O)O[C@H]1CO[C@H]2[C@H]1OC[C@H]2O[N+](=O)O. The molecule has 2 rings (SSSR count). The van der Waals surface area contributed by atoms with Crippen LogP contribution >= 0.6 is 0 Å². The third-order valence-corrected chi connectivity index (χ3v) is 2.41. The van der Waals surface area contributed by atoms with Gasteiger partial charge in [0, 0.05) is 0 Å². The summed E-state index contributed by atoms with van der Waals surface area (Å²) in [6, 6.07) is 0. The lowest BCUT2D eigenvalue weighted by molar-refractivity contribution is -0.982. The van der Waals surface area contributed by atoms with Gasteiger partial charge in [0.2, 0.25) is 12.2 Å². The fourth-order valence-electron chi connectivity index (χ4n) is 1.84. The molecule has 2 fully saturated rings. The van der Waals surface area contributed by atoms with Crippen LogP contribution in [0.15, 0.2) is 0 Å². The fraction of sp³-hybridized carbons (Fsp3) is 1.00. The summed E-state index contributed by atoms with van der Waals surface area (Å²) < 4.78 is 10.4. The van der Waals surface area contributed by atoms with E-state index in [1.807, 2.05) is 0 Å². The quantitative estimate of drug-likeness (QED) is 0.581. The lowest BCUT2D eigenvalue weighted by atomic mass is 10.1. The van der Waals surface area contributed by atoms with Gasteiger partial charge in [-0.15, -0.1) is 0 Å². The number of rotatable bonds is 4. The van der Waals surface area contributed by atoms with Gasteiger partial charge < -0.3 is 9.47 Å². The molecule has 16 heavy (non-hydrogen) atoms. The van der Waals surface area contributed by atoms with E-state index < -0.39 is 34.6 Å². The molecule has 0 amide bonds. The molecule has 0 aromatic carbocycles. The van der Waals surface area contributed by atoms with Crippen LogP contribution in [0.4, 0.5) is 0 Å². The standard InChI is InChI=1S/C6H10N2O8/c9-7(10)15-3-1-13-6-4(16-8(11)12)2-14-5(3)6/h3-6H,1-2H2,(H,9,10)(H,11,12)/q+2/t3-,4+,5-,6+. The molecule has 90 valence electrons. The molecule has 0 aromatic rings. The van der Waals surface area contributed by atoms with Crippen molar-refractivity contribution in [2.75, 3.05) is 13.2 Å². The molecule has 0 bridgehead atoms. The second kappa shape index (κ2) is 4.06. The Bertz CT molecular complexity index is 279. The van der Waals surface area contributed by atoms with Crippen molar-refractivity contribution < 1.29 is 39.7 Å². The van der Waals surface area contributed by atoms with Crippen LogP contribution in [0.2, 0.25) is 0 Å². The molecule has 0 saturated carbocycles. The molecule has 0 radical (unpaired) electrons. The Balaban J connectivity index is 1.95. The van der Waals surface area contributed by atoms with Crippen LogP contribution < -0.4 is 0 Å². The van der Waals surface area contributed by atoms with Gasteiger partial charge in [-0.3, -0.25) is 0 Å². The zero-order chi connectivity index (χ0) is 11.7. The maximum Gasteiger partial charge on any atom is 0.475 e. The minimum Gasteiger partial charge on any atom is -0.367 e. The van der Waals surface area contributed by atoms with Crippen molar-refractivity contribution in [2.45, 2.75) is 24.4 Å². The third-order valence-electron chi connectivity index (χ3n) is 2.41.